The van der Waals surface area contributed by atoms with Crippen LogP contribution in [0.2, 0.25) is 0 Å². The van der Waals surface area contributed by atoms with E-state index in [0.29, 0.717) is 24.1 Å². The molecule has 0 atom stereocenters. The van der Waals surface area contributed by atoms with Crippen molar-refractivity contribution >= 4 is 39.2 Å². The van der Waals surface area contributed by atoms with Crippen LogP contribution in [0.4, 0.5) is 17.5 Å². The molecule has 182 valence electrons. The van der Waals surface area contributed by atoms with Crippen LogP contribution in [0.5, 0.6) is 0 Å². The predicted molar refractivity (Wildman–Crippen MR) is 132 cm³/mol. The molecule has 0 spiro atoms. The Morgan fingerprint density at radius 1 is 1.06 bits per heavy atom. The highest BCUT2D eigenvalue weighted by Gasteiger charge is 2.33. The SMILES string of the molecule is Cc1nsc2nc(Nc3cnn(C4CCOCC4)c3)nc(NC3CCC(N4CC(O)C4)CC3)c12. The third kappa shape index (κ3) is 4.49. The van der Waals surface area contributed by atoms with Gasteiger partial charge in [-0.2, -0.15) is 19.4 Å². The lowest BCUT2D eigenvalue weighted by atomic mass is 9.88. The number of ether oxygens (including phenoxy) is 1. The second-order valence-corrected chi connectivity index (χ2v) is 10.5. The van der Waals surface area contributed by atoms with E-state index < -0.39 is 0 Å². The number of hydrogen-bond donors (Lipinski definition) is 3. The second-order valence-electron chi connectivity index (χ2n) is 9.78. The van der Waals surface area contributed by atoms with Crippen molar-refractivity contribution in [1.29, 1.82) is 0 Å². The van der Waals surface area contributed by atoms with E-state index in [0.717, 1.165) is 92.2 Å². The van der Waals surface area contributed by atoms with E-state index in [9.17, 15) is 5.11 Å². The van der Waals surface area contributed by atoms with Gasteiger partial charge in [0.25, 0.3) is 0 Å². The van der Waals surface area contributed by atoms with Gasteiger partial charge >= 0.3 is 0 Å². The van der Waals surface area contributed by atoms with Crippen molar-refractivity contribution in [3.05, 3.63) is 18.1 Å². The molecule has 2 aliphatic heterocycles. The van der Waals surface area contributed by atoms with E-state index in [2.05, 4.69) is 25.0 Å². The first kappa shape index (κ1) is 22.1. The summed E-state index contributed by atoms with van der Waals surface area (Å²) in [6.45, 7) is 5.25. The first-order valence-corrected chi connectivity index (χ1v) is 13.1. The molecule has 11 heteroatoms. The highest BCUT2D eigenvalue weighted by molar-refractivity contribution is 7.13. The number of likely N-dealkylation sites (tertiary alicyclic amines) is 1. The Morgan fingerprint density at radius 3 is 2.62 bits per heavy atom. The topological polar surface area (TPSA) is 113 Å². The van der Waals surface area contributed by atoms with E-state index in [4.69, 9.17) is 14.7 Å². The number of β-amino-alcohol motifs (C(OH)–C–C–N with tert-alkyl or cyclic N) is 1. The number of aliphatic hydroxyl groups excluding tert-OH is 1. The first-order chi connectivity index (χ1) is 16.6. The van der Waals surface area contributed by atoms with E-state index >= 15 is 0 Å². The largest absolute Gasteiger partial charge is 0.390 e. The quantitative estimate of drug-likeness (QED) is 0.486. The summed E-state index contributed by atoms with van der Waals surface area (Å²) >= 11 is 1.41. The van der Waals surface area contributed by atoms with E-state index in [-0.39, 0.29) is 6.10 Å². The van der Waals surface area contributed by atoms with Crippen molar-refractivity contribution < 1.29 is 9.84 Å². The molecule has 3 aromatic heterocycles. The number of nitrogens with one attached hydrogen (secondary N) is 2. The highest BCUT2D eigenvalue weighted by atomic mass is 32.1. The normalized spacial score (nSPS) is 24.9. The Labute approximate surface area is 202 Å². The number of fused-ring (bicyclic) bond motifs is 1. The number of aryl methyl sites for hydroxylation is 1. The van der Waals surface area contributed by atoms with Crippen molar-refractivity contribution in [2.75, 3.05) is 36.9 Å². The summed E-state index contributed by atoms with van der Waals surface area (Å²) in [6, 6.07) is 1.36. The predicted octanol–water partition coefficient (Wildman–Crippen LogP) is 3.09. The molecule has 0 aromatic carbocycles. The second kappa shape index (κ2) is 9.37. The summed E-state index contributed by atoms with van der Waals surface area (Å²) in [4.78, 5) is 12.9. The van der Waals surface area contributed by atoms with Gasteiger partial charge in [0.15, 0.2) is 4.83 Å². The van der Waals surface area contributed by atoms with Gasteiger partial charge < -0.3 is 20.5 Å². The molecule has 0 unspecified atom stereocenters. The molecule has 2 saturated heterocycles. The molecule has 3 N–H and O–H groups in total. The number of rotatable bonds is 6. The smallest absolute Gasteiger partial charge is 0.230 e. The molecule has 3 fully saturated rings. The number of anilines is 3. The molecular formula is C23H32N8O2S. The van der Waals surface area contributed by atoms with Crippen LogP contribution < -0.4 is 10.6 Å². The van der Waals surface area contributed by atoms with Crippen molar-refractivity contribution in [2.45, 2.75) is 69.7 Å². The minimum atomic E-state index is -0.131. The van der Waals surface area contributed by atoms with Crippen LogP contribution in [-0.2, 0) is 4.74 Å². The van der Waals surface area contributed by atoms with Gasteiger partial charge in [-0.1, -0.05) is 0 Å². The highest BCUT2D eigenvalue weighted by Crippen LogP contribution is 2.33. The molecule has 34 heavy (non-hydrogen) atoms. The first-order valence-electron chi connectivity index (χ1n) is 12.3. The zero-order valence-corrected chi connectivity index (χ0v) is 20.3. The summed E-state index contributed by atoms with van der Waals surface area (Å²) in [5.74, 6) is 1.42. The van der Waals surface area contributed by atoms with Gasteiger partial charge in [-0.15, -0.1) is 0 Å². The zero-order chi connectivity index (χ0) is 23.1. The van der Waals surface area contributed by atoms with Gasteiger partial charge in [-0.3, -0.25) is 9.58 Å². The average Bonchev–Trinajstić information content (AvgIpc) is 3.45. The van der Waals surface area contributed by atoms with Crippen molar-refractivity contribution in [1.82, 2.24) is 29.0 Å². The van der Waals surface area contributed by atoms with Crippen LogP contribution in [0.15, 0.2) is 12.4 Å². The van der Waals surface area contributed by atoms with E-state index in [1.165, 1.54) is 11.5 Å². The van der Waals surface area contributed by atoms with Crippen LogP contribution >= 0.6 is 11.5 Å². The lowest BCUT2D eigenvalue weighted by Gasteiger charge is -2.44. The van der Waals surface area contributed by atoms with Gasteiger partial charge in [-0.25, -0.2) is 0 Å². The number of nitrogens with zero attached hydrogens (tertiary/aromatic N) is 6. The maximum atomic E-state index is 9.61. The Morgan fingerprint density at radius 2 is 1.85 bits per heavy atom. The lowest BCUT2D eigenvalue weighted by molar-refractivity contribution is -0.0337. The monoisotopic (exact) mass is 484 g/mol. The van der Waals surface area contributed by atoms with Crippen molar-refractivity contribution in [3.63, 3.8) is 0 Å². The Kier molecular flexibility index (Phi) is 6.10. The van der Waals surface area contributed by atoms with Crippen LogP contribution in [0.25, 0.3) is 10.2 Å². The van der Waals surface area contributed by atoms with Crippen LogP contribution in [0, 0.1) is 6.92 Å². The summed E-state index contributed by atoms with van der Waals surface area (Å²) in [5, 5.41) is 22.2. The molecule has 5 heterocycles. The molecule has 0 amide bonds. The molecular weight excluding hydrogens is 452 g/mol. The molecule has 10 nitrogen and oxygen atoms in total. The fourth-order valence-corrected chi connectivity index (χ4v) is 6.17. The Balaban J connectivity index is 1.16. The van der Waals surface area contributed by atoms with Gasteiger partial charge in [-0.05, 0) is 57.0 Å². The molecule has 3 aromatic rings. The van der Waals surface area contributed by atoms with E-state index in [1.54, 1.807) is 0 Å². The maximum Gasteiger partial charge on any atom is 0.230 e. The third-order valence-electron chi connectivity index (χ3n) is 7.37. The minimum absolute atomic E-state index is 0.131. The van der Waals surface area contributed by atoms with Crippen LogP contribution in [0.1, 0.15) is 50.3 Å². The standard InChI is InChI=1S/C23H32N8O2S/c1-14-20-21(25-15-2-4-17(5-3-15)30-12-19(32)13-30)27-23(28-22(20)34-29-14)26-16-10-24-31(11-16)18-6-8-33-9-7-18/h10-11,15,17-19,32H,2-9,12-13H2,1H3,(H2,25,26,27,28). The Hall–Kier alpha value is -2.34. The van der Waals surface area contributed by atoms with Crippen LogP contribution in [-0.4, -0.2) is 78.6 Å². The number of hydrogen-bond acceptors (Lipinski definition) is 10. The van der Waals surface area contributed by atoms with Crippen molar-refractivity contribution in [3.8, 4) is 0 Å². The Bertz CT molecular complexity index is 1130. The molecule has 3 aliphatic rings. The molecule has 1 saturated carbocycles. The average molecular weight is 485 g/mol. The maximum absolute atomic E-state index is 9.61. The van der Waals surface area contributed by atoms with Gasteiger partial charge in [0.05, 0.1) is 35.1 Å². The molecule has 0 radical (unpaired) electrons. The van der Waals surface area contributed by atoms with Crippen molar-refractivity contribution in [2.24, 2.45) is 0 Å². The summed E-state index contributed by atoms with van der Waals surface area (Å²) < 4.78 is 12.0. The fraction of sp³-hybridized carbons (Fsp3) is 0.652. The van der Waals surface area contributed by atoms with Gasteiger partial charge in [0, 0.05) is 44.6 Å². The van der Waals surface area contributed by atoms with Gasteiger partial charge in [0.2, 0.25) is 5.95 Å². The minimum Gasteiger partial charge on any atom is -0.390 e. The van der Waals surface area contributed by atoms with Gasteiger partial charge in [0.1, 0.15) is 5.82 Å². The summed E-state index contributed by atoms with van der Waals surface area (Å²) in [7, 11) is 0. The zero-order valence-electron chi connectivity index (χ0n) is 19.5. The number of aliphatic hydroxyl groups is 1. The molecule has 1 aliphatic carbocycles. The third-order valence-corrected chi connectivity index (χ3v) is 8.21. The van der Waals surface area contributed by atoms with E-state index in [1.807, 2.05) is 24.0 Å². The molecule has 0 bridgehead atoms. The fourth-order valence-electron chi connectivity index (χ4n) is 5.40. The summed E-state index contributed by atoms with van der Waals surface area (Å²) in [6.07, 6.45) is 10.2. The summed E-state index contributed by atoms with van der Waals surface area (Å²) in [5.41, 5.74) is 1.85. The van der Waals surface area contributed by atoms with Crippen LogP contribution in [0.3, 0.4) is 0 Å². The molecule has 6 rings (SSSR count). The number of aromatic nitrogens is 5. The lowest BCUT2D eigenvalue weighted by Crippen LogP contribution is -2.56.